The van der Waals surface area contributed by atoms with Gasteiger partial charge in [-0.3, -0.25) is 0 Å². The third-order valence-corrected chi connectivity index (χ3v) is 3.57. The Morgan fingerprint density at radius 1 is 1.00 bits per heavy atom. The van der Waals surface area contributed by atoms with Gasteiger partial charge in [-0.1, -0.05) is 0 Å². The molecule has 5 nitrogen and oxygen atoms in total. The normalized spacial score (nSPS) is 11.7. The first kappa shape index (κ1) is 15.5. The van der Waals surface area contributed by atoms with Gasteiger partial charge >= 0.3 is 6.18 Å². The van der Waals surface area contributed by atoms with Gasteiger partial charge in [-0.2, -0.15) is 13.2 Å². The van der Waals surface area contributed by atoms with Crippen LogP contribution in [0.5, 0.6) is 0 Å². The average Bonchev–Trinajstić information content (AvgIpc) is 2.34. The number of nitrogen functional groups attached to an aromatic ring is 1. The SMILES string of the molecule is Cc1nc(Sc2cc(N)nc(C(F)(F)F)n2)nc(C)c1C. The molecule has 2 rings (SSSR count). The van der Waals surface area contributed by atoms with E-state index in [1.165, 1.54) is 6.07 Å². The Labute approximate surface area is 123 Å². The summed E-state index contributed by atoms with van der Waals surface area (Å²) in [5, 5.41) is 0.374. The lowest BCUT2D eigenvalue weighted by Gasteiger charge is -2.09. The zero-order valence-corrected chi connectivity index (χ0v) is 12.3. The largest absolute Gasteiger partial charge is 0.451 e. The smallest absolute Gasteiger partial charge is 0.384 e. The predicted octanol–water partition coefficient (Wildman–Crippen LogP) is 2.94. The van der Waals surface area contributed by atoms with Crippen molar-refractivity contribution in [1.29, 1.82) is 0 Å². The maximum absolute atomic E-state index is 12.6. The van der Waals surface area contributed by atoms with Crippen molar-refractivity contribution in [3.8, 4) is 0 Å². The van der Waals surface area contributed by atoms with Crippen molar-refractivity contribution in [2.75, 3.05) is 5.73 Å². The minimum atomic E-state index is -4.65. The molecule has 0 unspecified atom stereocenters. The molecule has 9 heteroatoms. The van der Waals surface area contributed by atoms with Crippen LogP contribution in [0.2, 0.25) is 0 Å². The van der Waals surface area contributed by atoms with Gasteiger partial charge in [0.25, 0.3) is 0 Å². The first-order valence-corrected chi connectivity index (χ1v) is 6.70. The van der Waals surface area contributed by atoms with E-state index in [0.29, 0.717) is 5.16 Å². The summed E-state index contributed by atoms with van der Waals surface area (Å²) in [6.07, 6.45) is -4.65. The Morgan fingerprint density at radius 3 is 2.10 bits per heavy atom. The molecule has 0 atom stereocenters. The molecule has 0 fully saturated rings. The monoisotopic (exact) mass is 315 g/mol. The molecule has 2 heterocycles. The lowest BCUT2D eigenvalue weighted by molar-refractivity contribution is -0.145. The van der Waals surface area contributed by atoms with E-state index in [1.54, 1.807) is 0 Å². The molecule has 0 bridgehead atoms. The van der Waals surface area contributed by atoms with Crippen LogP contribution in [0.25, 0.3) is 0 Å². The number of halogens is 3. The molecular formula is C12H12F3N5S. The summed E-state index contributed by atoms with van der Waals surface area (Å²) in [5.41, 5.74) is 7.86. The lowest BCUT2D eigenvalue weighted by atomic mass is 10.2. The van der Waals surface area contributed by atoms with Gasteiger partial charge in [0.2, 0.25) is 5.82 Å². The Balaban J connectivity index is 2.38. The molecule has 2 aromatic heterocycles. The zero-order chi connectivity index (χ0) is 15.8. The van der Waals surface area contributed by atoms with Gasteiger partial charge in [-0.05, 0) is 38.1 Å². The van der Waals surface area contributed by atoms with Crippen LogP contribution < -0.4 is 5.73 Å². The van der Waals surface area contributed by atoms with Gasteiger partial charge in [0.05, 0.1) is 0 Å². The van der Waals surface area contributed by atoms with E-state index in [4.69, 9.17) is 5.73 Å². The number of nitrogens with two attached hydrogens (primary N) is 1. The molecule has 2 N–H and O–H groups in total. The fraction of sp³-hybridized carbons (Fsp3) is 0.333. The summed E-state index contributed by atoms with van der Waals surface area (Å²) in [5.74, 6) is -1.52. The van der Waals surface area contributed by atoms with Gasteiger partial charge in [-0.25, -0.2) is 19.9 Å². The molecule has 21 heavy (non-hydrogen) atoms. The van der Waals surface area contributed by atoms with E-state index in [2.05, 4.69) is 19.9 Å². The molecule has 0 aliphatic heterocycles. The molecule has 112 valence electrons. The van der Waals surface area contributed by atoms with Gasteiger partial charge in [0, 0.05) is 17.5 Å². The Hall–Kier alpha value is -1.90. The third-order valence-electron chi connectivity index (χ3n) is 2.78. The van der Waals surface area contributed by atoms with Crippen molar-refractivity contribution in [1.82, 2.24) is 19.9 Å². The number of aromatic nitrogens is 4. The number of hydrogen-bond donors (Lipinski definition) is 1. The van der Waals surface area contributed by atoms with Crippen LogP contribution in [0.4, 0.5) is 19.0 Å². The van der Waals surface area contributed by atoms with Crippen molar-refractivity contribution >= 4 is 17.6 Å². The molecule has 0 radical (unpaired) electrons. The summed E-state index contributed by atoms with van der Waals surface area (Å²) in [4.78, 5) is 15.1. The van der Waals surface area contributed by atoms with Gasteiger partial charge in [0.1, 0.15) is 10.8 Å². The molecule has 0 saturated carbocycles. The predicted molar refractivity (Wildman–Crippen MR) is 71.8 cm³/mol. The number of hydrogen-bond acceptors (Lipinski definition) is 6. The highest BCUT2D eigenvalue weighted by molar-refractivity contribution is 7.99. The fourth-order valence-electron chi connectivity index (χ4n) is 1.50. The summed E-state index contributed by atoms with van der Waals surface area (Å²) in [7, 11) is 0. The lowest BCUT2D eigenvalue weighted by Crippen LogP contribution is -2.13. The van der Waals surface area contributed by atoms with E-state index in [1.807, 2.05) is 20.8 Å². The first-order valence-electron chi connectivity index (χ1n) is 5.88. The highest BCUT2D eigenvalue weighted by Crippen LogP contribution is 2.31. The average molecular weight is 315 g/mol. The van der Waals surface area contributed by atoms with Crippen LogP contribution in [-0.4, -0.2) is 19.9 Å². The van der Waals surface area contributed by atoms with Crippen molar-refractivity contribution in [3.05, 3.63) is 28.8 Å². The Morgan fingerprint density at radius 2 is 1.57 bits per heavy atom. The standard InChI is InChI=1S/C12H12F3N5S/c1-5-6(2)17-11(18-7(5)3)21-9-4-8(16)19-10(20-9)12(13,14)15/h4H,1-3H3,(H2,16,19,20). The van der Waals surface area contributed by atoms with E-state index < -0.39 is 12.0 Å². The van der Waals surface area contributed by atoms with Crippen molar-refractivity contribution in [3.63, 3.8) is 0 Å². The van der Waals surface area contributed by atoms with Crippen LogP contribution in [0.1, 0.15) is 22.8 Å². The van der Waals surface area contributed by atoms with Crippen molar-refractivity contribution < 1.29 is 13.2 Å². The molecule has 0 aromatic carbocycles. The highest BCUT2D eigenvalue weighted by Gasteiger charge is 2.35. The van der Waals surface area contributed by atoms with Crippen LogP contribution in [0.15, 0.2) is 16.2 Å². The minimum Gasteiger partial charge on any atom is -0.384 e. The quantitative estimate of drug-likeness (QED) is 0.678. The fourth-order valence-corrected chi connectivity index (χ4v) is 2.37. The van der Waals surface area contributed by atoms with Crippen LogP contribution in [-0.2, 0) is 6.18 Å². The third kappa shape index (κ3) is 3.60. The van der Waals surface area contributed by atoms with E-state index in [0.717, 1.165) is 28.7 Å². The molecule has 0 amide bonds. The summed E-state index contributed by atoms with van der Waals surface area (Å²) in [6.45, 7) is 5.50. The number of anilines is 1. The Bertz CT molecular complexity index is 664. The van der Waals surface area contributed by atoms with Gasteiger partial charge in [0.15, 0.2) is 5.16 Å². The molecule has 0 saturated heterocycles. The van der Waals surface area contributed by atoms with Gasteiger partial charge in [-0.15, -0.1) is 0 Å². The number of nitrogens with zero attached hydrogens (tertiary/aromatic N) is 4. The van der Waals surface area contributed by atoms with Crippen molar-refractivity contribution in [2.24, 2.45) is 0 Å². The molecule has 0 spiro atoms. The summed E-state index contributed by atoms with van der Waals surface area (Å²) >= 11 is 0.916. The van der Waals surface area contributed by atoms with E-state index in [9.17, 15) is 13.2 Å². The first-order chi connectivity index (χ1) is 9.66. The second-order valence-electron chi connectivity index (χ2n) is 4.36. The molecule has 0 aliphatic carbocycles. The molecular weight excluding hydrogens is 303 g/mol. The molecule has 2 aromatic rings. The zero-order valence-electron chi connectivity index (χ0n) is 11.5. The summed E-state index contributed by atoms with van der Waals surface area (Å²) in [6, 6.07) is 1.26. The topological polar surface area (TPSA) is 77.6 Å². The maximum atomic E-state index is 12.6. The summed E-state index contributed by atoms with van der Waals surface area (Å²) < 4.78 is 37.9. The van der Waals surface area contributed by atoms with Crippen molar-refractivity contribution in [2.45, 2.75) is 37.1 Å². The van der Waals surface area contributed by atoms with Crippen LogP contribution in [0.3, 0.4) is 0 Å². The number of rotatable bonds is 2. The number of alkyl halides is 3. The minimum absolute atomic E-state index is 0.0532. The highest BCUT2D eigenvalue weighted by atomic mass is 32.2. The van der Waals surface area contributed by atoms with E-state index >= 15 is 0 Å². The number of aryl methyl sites for hydroxylation is 2. The van der Waals surface area contributed by atoms with Crippen LogP contribution >= 0.6 is 11.8 Å². The maximum Gasteiger partial charge on any atom is 0.451 e. The molecule has 0 aliphatic rings. The van der Waals surface area contributed by atoms with Gasteiger partial charge < -0.3 is 5.73 Å². The van der Waals surface area contributed by atoms with Crippen LogP contribution in [0, 0.1) is 20.8 Å². The second-order valence-corrected chi connectivity index (χ2v) is 5.34. The van der Waals surface area contributed by atoms with E-state index in [-0.39, 0.29) is 10.8 Å². The Kier molecular flexibility index (Phi) is 4.04. The second kappa shape index (κ2) is 5.47.